The van der Waals surface area contributed by atoms with Crippen LogP contribution in [0.2, 0.25) is 6.04 Å². The zero-order chi connectivity index (χ0) is 22.1. The fourth-order valence-electron chi connectivity index (χ4n) is 5.65. The predicted molar refractivity (Wildman–Crippen MR) is 140 cm³/mol. The monoisotopic (exact) mass is 450 g/mol. The van der Waals surface area contributed by atoms with Gasteiger partial charge in [-0.2, -0.15) is 0 Å². The molecule has 0 aromatic heterocycles. The second kappa shape index (κ2) is 8.32. The summed E-state index contributed by atoms with van der Waals surface area (Å²) in [5, 5.41) is 5.75. The minimum Gasteiger partial charge on any atom is -0.405 e. The molecular formula is C29H30OSi2. The summed E-state index contributed by atoms with van der Waals surface area (Å²) < 4.78 is 7.56. The molecule has 0 N–H and O–H groups in total. The van der Waals surface area contributed by atoms with E-state index in [0.29, 0.717) is 0 Å². The van der Waals surface area contributed by atoms with Crippen molar-refractivity contribution in [1.82, 2.24) is 0 Å². The summed E-state index contributed by atoms with van der Waals surface area (Å²) in [6.45, 7) is 4.57. The van der Waals surface area contributed by atoms with E-state index in [4.69, 9.17) is 4.43 Å². The van der Waals surface area contributed by atoms with Gasteiger partial charge in [0.1, 0.15) is 0 Å². The maximum atomic E-state index is 7.56. The van der Waals surface area contributed by atoms with Crippen molar-refractivity contribution in [2.75, 3.05) is 0 Å². The lowest BCUT2D eigenvalue weighted by molar-refractivity contribution is 0.0984. The Morgan fingerprint density at radius 2 is 0.875 bits per heavy atom. The molecule has 1 aliphatic heterocycles. The van der Waals surface area contributed by atoms with Crippen molar-refractivity contribution < 1.29 is 4.43 Å². The van der Waals surface area contributed by atoms with Crippen LogP contribution in [0.15, 0.2) is 121 Å². The van der Waals surface area contributed by atoms with Gasteiger partial charge in [0.2, 0.25) is 0 Å². The van der Waals surface area contributed by atoms with Gasteiger partial charge in [-0.1, -0.05) is 132 Å². The minimum absolute atomic E-state index is 0.169. The number of benzene rings is 4. The highest BCUT2D eigenvalue weighted by molar-refractivity contribution is 7.57. The number of rotatable bonds is 4. The molecule has 1 nitrogen and oxygen atoms in total. The molecule has 1 heterocycles. The molecule has 0 spiro atoms. The number of hydrogen-bond acceptors (Lipinski definition) is 1. The Balaban J connectivity index is 1.95. The molecule has 4 aromatic rings. The first-order valence-corrected chi connectivity index (χ1v) is 16.6. The summed E-state index contributed by atoms with van der Waals surface area (Å²) in [4.78, 5) is 0. The quantitative estimate of drug-likeness (QED) is 0.422. The molecule has 160 valence electrons. The average molecular weight is 451 g/mol. The fraction of sp³-hybridized carbons (Fsp3) is 0.172. The third-order valence-electron chi connectivity index (χ3n) is 7.03. The summed E-state index contributed by atoms with van der Waals surface area (Å²) in [7, 11) is -5.06. The molecule has 1 fully saturated rings. The first kappa shape index (κ1) is 21.1. The van der Waals surface area contributed by atoms with Gasteiger partial charge in [-0.3, -0.25) is 0 Å². The van der Waals surface area contributed by atoms with E-state index >= 15 is 0 Å². The van der Waals surface area contributed by atoms with Crippen LogP contribution in [0.1, 0.15) is 20.3 Å². The molecule has 0 radical (unpaired) electrons. The van der Waals surface area contributed by atoms with Gasteiger partial charge in [0.15, 0.2) is 7.59 Å². The molecule has 0 saturated carbocycles. The molecule has 32 heavy (non-hydrogen) atoms. The normalized spacial score (nSPS) is 18.7. The Hall–Kier alpha value is -2.73. The zero-order valence-electron chi connectivity index (χ0n) is 18.9. The molecule has 0 unspecified atom stereocenters. The molecule has 5 rings (SSSR count). The van der Waals surface area contributed by atoms with Crippen LogP contribution >= 0.6 is 0 Å². The lowest BCUT2D eigenvalue weighted by Gasteiger charge is -2.56. The second-order valence-electron chi connectivity index (χ2n) is 9.41. The molecule has 0 aliphatic carbocycles. The van der Waals surface area contributed by atoms with E-state index in [0.717, 1.165) is 6.42 Å². The largest absolute Gasteiger partial charge is 0.405 e. The molecule has 1 saturated heterocycles. The van der Waals surface area contributed by atoms with Crippen LogP contribution in [0.3, 0.4) is 0 Å². The highest BCUT2D eigenvalue weighted by Gasteiger charge is 2.65. The molecule has 3 heteroatoms. The fourth-order valence-corrected chi connectivity index (χ4v) is 24.4. The van der Waals surface area contributed by atoms with Crippen LogP contribution in [0.4, 0.5) is 0 Å². The zero-order valence-corrected chi connectivity index (χ0v) is 20.9. The van der Waals surface area contributed by atoms with Crippen molar-refractivity contribution in [3.05, 3.63) is 121 Å². The van der Waals surface area contributed by atoms with E-state index in [9.17, 15) is 0 Å². The maximum Gasteiger partial charge on any atom is 0.251 e. The Kier molecular flexibility index (Phi) is 5.50. The van der Waals surface area contributed by atoms with Gasteiger partial charge in [-0.25, -0.2) is 0 Å². The number of hydrogen-bond donors (Lipinski definition) is 0. The van der Waals surface area contributed by atoms with Crippen molar-refractivity contribution in [2.24, 2.45) is 0 Å². The standard InChI is InChI=1S/C29H30OSi2/c1-29(2)23-24-31(25-15-7-3-8-16-25,26-17-9-4-10-18-26)32(30-29,27-19-11-5-12-20-27)28-21-13-6-14-22-28/h3-22H,23-24H2,1-2H3. The van der Waals surface area contributed by atoms with Crippen molar-refractivity contribution in [1.29, 1.82) is 0 Å². The molecule has 4 aromatic carbocycles. The van der Waals surface area contributed by atoms with Crippen LogP contribution in [0, 0.1) is 0 Å². The lowest BCUT2D eigenvalue weighted by Crippen LogP contribution is -2.89. The van der Waals surface area contributed by atoms with E-state index in [1.54, 1.807) is 0 Å². The van der Waals surface area contributed by atoms with Crippen LogP contribution in [-0.2, 0) is 4.43 Å². The van der Waals surface area contributed by atoms with Crippen molar-refractivity contribution >= 4 is 36.2 Å². The minimum atomic E-state index is -2.69. The highest BCUT2D eigenvalue weighted by atomic mass is 29.3. The van der Waals surface area contributed by atoms with E-state index in [2.05, 4.69) is 135 Å². The van der Waals surface area contributed by atoms with Gasteiger partial charge in [0.05, 0.1) is 5.60 Å². The smallest absolute Gasteiger partial charge is 0.251 e. The first-order chi connectivity index (χ1) is 15.6. The van der Waals surface area contributed by atoms with Crippen LogP contribution in [-0.4, -0.2) is 21.0 Å². The van der Waals surface area contributed by atoms with Crippen LogP contribution < -0.4 is 20.7 Å². The van der Waals surface area contributed by atoms with Gasteiger partial charge in [0, 0.05) is 0 Å². The molecule has 0 amide bonds. The average Bonchev–Trinajstić information content (AvgIpc) is 2.86. The summed E-state index contributed by atoms with van der Waals surface area (Å²) >= 11 is 0. The van der Waals surface area contributed by atoms with Gasteiger partial charge in [-0.05, 0) is 36.7 Å². The van der Waals surface area contributed by atoms with E-state index < -0.39 is 15.4 Å². The Labute approximate surface area is 193 Å². The summed E-state index contributed by atoms with van der Waals surface area (Å²) in [6.07, 6.45) is 1.07. The second-order valence-corrected chi connectivity index (χ2v) is 20.3. The summed E-state index contributed by atoms with van der Waals surface area (Å²) in [6, 6.07) is 46.1. The van der Waals surface area contributed by atoms with Gasteiger partial charge < -0.3 is 4.43 Å². The predicted octanol–water partition coefficient (Wildman–Crippen LogP) is 4.29. The summed E-state index contributed by atoms with van der Waals surface area (Å²) in [5.74, 6) is 0. The Morgan fingerprint density at radius 3 is 1.25 bits per heavy atom. The van der Waals surface area contributed by atoms with Crippen molar-refractivity contribution in [3.63, 3.8) is 0 Å². The Bertz CT molecular complexity index is 1080. The highest BCUT2D eigenvalue weighted by Crippen LogP contribution is 2.38. The molecular weight excluding hydrogens is 420 g/mol. The lowest BCUT2D eigenvalue weighted by atomic mass is 10.1. The molecule has 0 atom stereocenters. The van der Waals surface area contributed by atoms with Gasteiger partial charge in [-0.15, -0.1) is 0 Å². The van der Waals surface area contributed by atoms with Gasteiger partial charge >= 0.3 is 0 Å². The topological polar surface area (TPSA) is 9.23 Å². The molecule has 1 aliphatic rings. The first-order valence-electron chi connectivity index (χ1n) is 11.5. The van der Waals surface area contributed by atoms with E-state index in [1.807, 2.05) is 0 Å². The molecule has 0 bridgehead atoms. The third-order valence-corrected chi connectivity index (χ3v) is 23.1. The van der Waals surface area contributed by atoms with E-state index in [-0.39, 0.29) is 5.60 Å². The van der Waals surface area contributed by atoms with E-state index in [1.165, 1.54) is 26.8 Å². The van der Waals surface area contributed by atoms with Gasteiger partial charge in [0.25, 0.3) is 7.83 Å². The Morgan fingerprint density at radius 1 is 0.531 bits per heavy atom. The summed E-state index contributed by atoms with van der Waals surface area (Å²) in [5.41, 5.74) is -0.169. The third kappa shape index (κ3) is 3.32. The SMILES string of the molecule is CC1(C)CC[Si](c2ccccc2)(c2ccccc2)[Si](c2ccccc2)(c2ccccc2)O1. The van der Waals surface area contributed by atoms with Crippen LogP contribution in [0.5, 0.6) is 0 Å². The van der Waals surface area contributed by atoms with Crippen molar-refractivity contribution in [3.8, 4) is 0 Å². The van der Waals surface area contributed by atoms with Crippen molar-refractivity contribution in [2.45, 2.75) is 31.9 Å². The van der Waals surface area contributed by atoms with Crippen LogP contribution in [0.25, 0.3) is 0 Å². The maximum absolute atomic E-state index is 7.56.